The van der Waals surface area contributed by atoms with Crippen LogP contribution in [0.3, 0.4) is 0 Å². The van der Waals surface area contributed by atoms with E-state index in [0.29, 0.717) is 21.5 Å². The topological polar surface area (TPSA) is 67.8 Å². The van der Waals surface area contributed by atoms with Gasteiger partial charge >= 0.3 is 0 Å². The number of nitrogens with zero attached hydrogens (tertiary/aromatic N) is 1. The molecule has 0 aromatic heterocycles. The molecule has 3 N–H and O–H groups in total. The Balaban J connectivity index is 2.35. The van der Waals surface area contributed by atoms with Gasteiger partial charge in [-0.15, -0.1) is 0 Å². The Bertz CT molecular complexity index is 632. The van der Waals surface area contributed by atoms with Crippen LogP contribution in [0.2, 0.25) is 0 Å². The van der Waals surface area contributed by atoms with Crippen molar-refractivity contribution in [3.05, 3.63) is 58.3 Å². The Kier molecular flexibility index (Phi) is 4.01. The first kappa shape index (κ1) is 13.4. The predicted octanol–water partition coefficient (Wildman–Crippen LogP) is 3.48. The van der Waals surface area contributed by atoms with E-state index in [4.69, 9.17) is 15.7 Å². The quantitative estimate of drug-likeness (QED) is 0.393. The number of oxime groups is 1. The lowest BCUT2D eigenvalue weighted by molar-refractivity contribution is 0.318. The van der Waals surface area contributed by atoms with Crippen molar-refractivity contribution < 1.29 is 14.3 Å². The second-order valence-electron chi connectivity index (χ2n) is 3.66. The van der Waals surface area contributed by atoms with Gasteiger partial charge in [0.1, 0.15) is 17.3 Å². The molecule has 98 valence electrons. The Morgan fingerprint density at radius 2 is 2.00 bits per heavy atom. The number of hydrogen-bond acceptors (Lipinski definition) is 3. The van der Waals surface area contributed by atoms with E-state index in [9.17, 15) is 4.39 Å². The first-order chi connectivity index (χ1) is 9.11. The number of nitrogens with two attached hydrogens (primary N) is 1. The monoisotopic (exact) mass is 324 g/mol. The first-order valence-electron chi connectivity index (χ1n) is 5.31. The maximum absolute atomic E-state index is 13.4. The smallest absolute Gasteiger partial charge is 0.173 e. The van der Waals surface area contributed by atoms with Crippen LogP contribution in [0.25, 0.3) is 0 Å². The molecule has 0 radical (unpaired) electrons. The lowest BCUT2D eigenvalue weighted by atomic mass is 10.2. The van der Waals surface area contributed by atoms with Crippen molar-refractivity contribution in [3.8, 4) is 11.5 Å². The summed E-state index contributed by atoms with van der Waals surface area (Å²) in [5.74, 6) is 0.186. The molecular weight excluding hydrogens is 315 g/mol. The number of ether oxygens (including phenoxy) is 1. The second-order valence-corrected chi connectivity index (χ2v) is 4.51. The third-order valence-corrected chi connectivity index (χ3v) is 3.03. The van der Waals surface area contributed by atoms with Crippen LogP contribution in [-0.2, 0) is 0 Å². The minimum atomic E-state index is -0.432. The highest BCUT2D eigenvalue weighted by atomic mass is 79.9. The van der Waals surface area contributed by atoms with Gasteiger partial charge in [0.05, 0.1) is 10.0 Å². The highest BCUT2D eigenvalue weighted by Gasteiger charge is 2.09. The maximum Gasteiger partial charge on any atom is 0.173 e. The third kappa shape index (κ3) is 3.03. The molecule has 2 aromatic rings. The van der Waals surface area contributed by atoms with Crippen LogP contribution in [0.4, 0.5) is 4.39 Å². The van der Waals surface area contributed by atoms with Gasteiger partial charge in [0, 0.05) is 6.07 Å². The van der Waals surface area contributed by atoms with Gasteiger partial charge in [-0.05, 0) is 40.2 Å². The van der Waals surface area contributed by atoms with Gasteiger partial charge in [0.15, 0.2) is 5.84 Å². The van der Waals surface area contributed by atoms with Gasteiger partial charge in [-0.1, -0.05) is 17.3 Å². The summed E-state index contributed by atoms with van der Waals surface area (Å²) < 4.78 is 19.3. The van der Waals surface area contributed by atoms with E-state index >= 15 is 0 Å². The summed E-state index contributed by atoms with van der Waals surface area (Å²) in [6.45, 7) is 0. The summed E-state index contributed by atoms with van der Waals surface area (Å²) >= 11 is 3.06. The van der Waals surface area contributed by atoms with Gasteiger partial charge in [-0.2, -0.15) is 0 Å². The number of hydrogen-bond donors (Lipinski definition) is 2. The molecule has 0 saturated carbocycles. The Morgan fingerprint density at radius 1 is 1.26 bits per heavy atom. The summed E-state index contributed by atoms with van der Waals surface area (Å²) in [6.07, 6.45) is 0. The fourth-order valence-corrected chi connectivity index (χ4v) is 1.74. The van der Waals surface area contributed by atoms with Crippen LogP contribution < -0.4 is 10.5 Å². The Hall–Kier alpha value is -2.08. The van der Waals surface area contributed by atoms with Crippen molar-refractivity contribution in [1.82, 2.24) is 0 Å². The van der Waals surface area contributed by atoms with Crippen molar-refractivity contribution >= 4 is 21.8 Å². The third-order valence-electron chi connectivity index (χ3n) is 2.39. The number of rotatable bonds is 3. The van der Waals surface area contributed by atoms with Crippen LogP contribution in [0.15, 0.2) is 52.1 Å². The van der Waals surface area contributed by atoms with Crippen LogP contribution in [0, 0.1) is 5.82 Å². The molecule has 6 heteroatoms. The zero-order valence-electron chi connectivity index (χ0n) is 9.68. The van der Waals surface area contributed by atoms with Gasteiger partial charge in [-0.25, -0.2) is 4.39 Å². The normalized spacial score (nSPS) is 11.4. The highest BCUT2D eigenvalue weighted by Crippen LogP contribution is 2.27. The largest absolute Gasteiger partial charge is 0.456 e. The fourth-order valence-electron chi connectivity index (χ4n) is 1.49. The maximum atomic E-state index is 13.4. The lowest BCUT2D eigenvalue weighted by Crippen LogP contribution is -2.14. The standard InChI is InChI=1S/C13H10BrFN2O2/c14-10-6-5-8(7-11(10)15)19-12-4-2-1-3-9(12)13(16)17-18/h1-7,18H,(H2,16,17). The summed E-state index contributed by atoms with van der Waals surface area (Å²) in [4.78, 5) is 0. The molecule has 0 aliphatic carbocycles. The van der Waals surface area contributed by atoms with Crippen molar-refractivity contribution in [2.24, 2.45) is 10.9 Å². The molecule has 0 bridgehead atoms. The highest BCUT2D eigenvalue weighted by molar-refractivity contribution is 9.10. The van der Waals surface area contributed by atoms with Crippen LogP contribution >= 0.6 is 15.9 Å². The summed E-state index contributed by atoms with van der Waals surface area (Å²) in [5, 5.41) is 11.6. The second kappa shape index (κ2) is 5.71. The summed E-state index contributed by atoms with van der Waals surface area (Å²) in [5.41, 5.74) is 5.97. The van der Waals surface area contributed by atoms with E-state index in [0.717, 1.165) is 0 Å². The molecule has 0 heterocycles. The van der Waals surface area contributed by atoms with Crippen LogP contribution in [0.1, 0.15) is 5.56 Å². The van der Waals surface area contributed by atoms with Crippen LogP contribution in [0.5, 0.6) is 11.5 Å². The number of benzene rings is 2. The molecule has 4 nitrogen and oxygen atoms in total. The molecule has 0 aliphatic rings. The van der Waals surface area contributed by atoms with E-state index in [2.05, 4.69) is 21.1 Å². The molecule has 0 spiro atoms. The summed E-state index contributed by atoms with van der Waals surface area (Å²) in [7, 11) is 0. The van der Waals surface area contributed by atoms with Gasteiger partial charge in [-0.3, -0.25) is 0 Å². The van der Waals surface area contributed by atoms with E-state index < -0.39 is 5.82 Å². The number of para-hydroxylation sites is 1. The molecule has 0 aliphatic heterocycles. The predicted molar refractivity (Wildman–Crippen MR) is 73.1 cm³/mol. The van der Waals surface area contributed by atoms with Gasteiger partial charge < -0.3 is 15.7 Å². The molecule has 2 aromatic carbocycles. The molecule has 0 fully saturated rings. The van der Waals surface area contributed by atoms with Crippen molar-refractivity contribution in [2.75, 3.05) is 0 Å². The zero-order valence-corrected chi connectivity index (χ0v) is 11.3. The zero-order chi connectivity index (χ0) is 13.8. The van der Waals surface area contributed by atoms with E-state index in [-0.39, 0.29) is 5.84 Å². The SMILES string of the molecule is NC(=NO)c1ccccc1Oc1ccc(Br)c(F)c1. The molecule has 0 atom stereocenters. The molecule has 0 amide bonds. The first-order valence-corrected chi connectivity index (χ1v) is 6.11. The van der Waals surface area contributed by atoms with E-state index in [1.807, 2.05) is 0 Å². The molecule has 0 unspecified atom stereocenters. The van der Waals surface area contributed by atoms with Gasteiger partial charge in [0.2, 0.25) is 0 Å². The van der Waals surface area contributed by atoms with Crippen molar-refractivity contribution in [1.29, 1.82) is 0 Å². The average molecular weight is 325 g/mol. The Labute approximate surface area is 117 Å². The van der Waals surface area contributed by atoms with Crippen molar-refractivity contribution in [3.63, 3.8) is 0 Å². The molecule has 0 saturated heterocycles. The molecule has 19 heavy (non-hydrogen) atoms. The van der Waals surface area contributed by atoms with E-state index in [1.54, 1.807) is 30.3 Å². The molecular formula is C13H10BrFN2O2. The average Bonchev–Trinajstić information content (AvgIpc) is 2.43. The van der Waals surface area contributed by atoms with Crippen molar-refractivity contribution in [2.45, 2.75) is 0 Å². The van der Waals surface area contributed by atoms with Gasteiger partial charge in [0.25, 0.3) is 0 Å². The molecule has 2 rings (SSSR count). The van der Waals surface area contributed by atoms with E-state index in [1.165, 1.54) is 12.1 Å². The summed E-state index contributed by atoms with van der Waals surface area (Å²) in [6, 6.07) is 11.1. The number of amidine groups is 1. The van der Waals surface area contributed by atoms with Crippen LogP contribution in [-0.4, -0.2) is 11.0 Å². The minimum Gasteiger partial charge on any atom is -0.456 e. The minimum absolute atomic E-state index is 0.0758. The Morgan fingerprint density at radius 3 is 2.68 bits per heavy atom. The lowest BCUT2D eigenvalue weighted by Gasteiger charge is -2.10. The fraction of sp³-hybridized carbons (Fsp3) is 0. The number of halogens is 2.